The van der Waals surface area contributed by atoms with Crippen LogP contribution in [0.2, 0.25) is 0 Å². The molecule has 4 heteroatoms. The first-order chi connectivity index (χ1) is 8.04. The van der Waals surface area contributed by atoms with Crippen LogP contribution in [-0.4, -0.2) is 26.3 Å². The van der Waals surface area contributed by atoms with Gasteiger partial charge in [0, 0.05) is 29.1 Å². The second kappa shape index (κ2) is 7.39. The first-order valence-corrected chi connectivity index (χ1v) is 7.63. The molecule has 0 aliphatic heterocycles. The Kier molecular flexibility index (Phi) is 6.52. The van der Waals surface area contributed by atoms with Gasteiger partial charge in [0.15, 0.2) is 0 Å². The Morgan fingerprint density at radius 1 is 1.35 bits per heavy atom. The fourth-order valence-electron chi connectivity index (χ4n) is 1.58. The number of nitrogens with zero attached hydrogens (tertiary/aromatic N) is 1. The van der Waals surface area contributed by atoms with Crippen LogP contribution < -0.4 is 4.90 Å². The molecule has 0 amide bonds. The van der Waals surface area contributed by atoms with Gasteiger partial charge in [0.1, 0.15) is 0 Å². The van der Waals surface area contributed by atoms with Crippen molar-refractivity contribution >= 4 is 37.5 Å². The summed E-state index contributed by atoms with van der Waals surface area (Å²) in [6.45, 7) is 5.78. The van der Waals surface area contributed by atoms with Gasteiger partial charge in [-0.2, -0.15) is 0 Å². The van der Waals surface area contributed by atoms with E-state index in [9.17, 15) is 0 Å². The molecule has 0 fully saturated rings. The van der Waals surface area contributed by atoms with Crippen molar-refractivity contribution in [1.29, 1.82) is 0 Å². The Balaban J connectivity index is 2.64. The Morgan fingerprint density at radius 3 is 2.65 bits per heavy atom. The molecule has 0 aromatic heterocycles. The van der Waals surface area contributed by atoms with E-state index in [1.54, 1.807) is 0 Å². The lowest BCUT2D eigenvalue weighted by Gasteiger charge is -2.22. The maximum atomic E-state index is 5.57. The van der Waals surface area contributed by atoms with Crippen molar-refractivity contribution in [3.05, 3.63) is 28.2 Å². The van der Waals surface area contributed by atoms with Crippen LogP contribution in [0.4, 0.5) is 5.69 Å². The summed E-state index contributed by atoms with van der Waals surface area (Å²) in [6, 6.07) is 6.35. The van der Waals surface area contributed by atoms with Gasteiger partial charge in [-0.05, 0) is 37.6 Å². The summed E-state index contributed by atoms with van der Waals surface area (Å²) < 4.78 is 6.68. The van der Waals surface area contributed by atoms with Gasteiger partial charge in [0.2, 0.25) is 0 Å². The molecule has 96 valence electrons. The van der Waals surface area contributed by atoms with Gasteiger partial charge < -0.3 is 9.64 Å². The van der Waals surface area contributed by atoms with Crippen LogP contribution in [0.5, 0.6) is 0 Å². The normalized spacial score (nSPS) is 10.9. The minimum Gasteiger partial charge on any atom is -0.377 e. The maximum Gasteiger partial charge on any atom is 0.0644 e. The minimum absolute atomic E-state index is 0.295. The lowest BCUT2D eigenvalue weighted by molar-refractivity contribution is 0.0846. The average Bonchev–Trinajstić information content (AvgIpc) is 2.28. The summed E-state index contributed by atoms with van der Waals surface area (Å²) in [4.78, 5) is 2.23. The van der Waals surface area contributed by atoms with Gasteiger partial charge in [0.05, 0.1) is 12.7 Å². The largest absolute Gasteiger partial charge is 0.377 e. The summed E-state index contributed by atoms with van der Waals surface area (Å²) >= 11 is 7.02. The third-order valence-corrected chi connectivity index (χ3v) is 3.57. The Hall–Kier alpha value is -0.0600. The topological polar surface area (TPSA) is 12.5 Å². The summed E-state index contributed by atoms with van der Waals surface area (Å²) in [5, 5.41) is 0.858. The van der Waals surface area contributed by atoms with Crippen LogP contribution in [0.3, 0.4) is 0 Å². The molecule has 0 aliphatic rings. The second-order valence-electron chi connectivity index (χ2n) is 4.25. The van der Waals surface area contributed by atoms with E-state index >= 15 is 0 Å². The number of ether oxygens (including phenoxy) is 1. The van der Waals surface area contributed by atoms with Gasteiger partial charge in [-0.3, -0.25) is 0 Å². The fourth-order valence-corrected chi connectivity index (χ4v) is 2.44. The Morgan fingerprint density at radius 2 is 2.06 bits per heavy atom. The number of alkyl halides is 1. The molecule has 0 heterocycles. The van der Waals surface area contributed by atoms with Crippen LogP contribution in [-0.2, 0) is 10.1 Å². The molecule has 0 spiro atoms. The number of rotatable bonds is 6. The highest BCUT2D eigenvalue weighted by molar-refractivity contribution is 9.10. The van der Waals surface area contributed by atoms with Gasteiger partial charge in [0.25, 0.3) is 0 Å². The SMILES string of the molecule is CC(C)OCCN(C)c1ccc(Br)cc1CBr. The fraction of sp³-hybridized carbons (Fsp3) is 0.538. The van der Waals surface area contributed by atoms with E-state index in [-0.39, 0.29) is 0 Å². The highest BCUT2D eigenvalue weighted by atomic mass is 79.9. The smallest absolute Gasteiger partial charge is 0.0644 e. The number of benzene rings is 1. The summed E-state index contributed by atoms with van der Waals surface area (Å²) in [7, 11) is 2.10. The molecule has 0 N–H and O–H groups in total. The Labute approximate surface area is 121 Å². The number of halogens is 2. The Bertz CT molecular complexity index is 355. The second-order valence-corrected chi connectivity index (χ2v) is 5.72. The summed E-state index contributed by atoms with van der Waals surface area (Å²) in [6.07, 6.45) is 0.295. The van der Waals surface area contributed by atoms with E-state index in [0.717, 1.165) is 23.0 Å². The molecular formula is C13H19Br2NO. The molecule has 0 unspecified atom stereocenters. The van der Waals surface area contributed by atoms with Crippen LogP contribution in [0.25, 0.3) is 0 Å². The molecule has 0 bridgehead atoms. The van der Waals surface area contributed by atoms with Crippen LogP contribution in [0, 0.1) is 0 Å². The van der Waals surface area contributed by atoms with Gasteiger partial charge in [-0.25, -0.2) is 0 Å². The molecule has 0 saturated heterocycles. The number of anilines is 1. The van der Waals surface area contributed by atoms with Crippen molar-refractivity contribution in [3.63, 3.8) is 0 Å². The molecular weight excluding hydrogens is 346 g/mol. The third kappa shape index (κ3) is 4.98. The quantitative estimate of drug-likeness (QED) is 0.701. The van der Waals surface area contributed by atoms with Crippen molar-refractivity contribution in [2.24, 2.45) is 0 Å². The van der Waals surface area contributed by atoms with E-state index in [0.29, 0.717) is 6.10 Å². The van der Waals surface area contributed by atoms with E-state index in [1.165, 1.54) is 11.3 Å². The molecule has 0 aliphatic carbocycles. The first-order valence-electron chi connectivity index (χ1n) is 5.71. The number of likely N-dealkylation sites (N-methyl/N-ethyl adjacent to an activating group) is 1. The van der Waals surface area contributed by atoms with Gasteiger partial charge in [-0.1, -0.05) is 31.9 Å². The van der Waals surface area contributed by atoms with E-state index < -0.39 is 0 Å². The standard InChI is InChI=1S/C13H19Br2NO/c1-10(2)17-7-6-16(3)13-5-4-12(15)8-11(13)9-14/h4-5,8,10H,6-7,9H2,1-3H3. The predicted molar refractivity (Wildman–Crippen MR) is 81.1 cm³/mol. The van der Waals surface area contributed by atoms with Crippen molar-refractivity contribution in [1.82, 2.24) is 0 Å². The van der Waals surface area contributed by atoms with Crippen molar-refractivity contribution in [2.75, 3.05) is 25.1 Å². The highest BCUT2D eigenvalue weighted by Gasteiger charge is 2.07. The monoisotopic (exact) mass is 363 g/mol. The van der Waals surface area contributed by atoms with Crippen molar-refractivity contribution in [2.45, 2.75) is 25.3 Å². The van der Waals surface area contributed by atoms with Crippen LogP contribution in [0.1, 0.15) is 19.4 Å². The van der Waals surface area contributed by atoms with Gasteiger partial charge in [-0.15, -0.1) is 0 Å². The van der Waals surface area contributed by atoms with Gasteiger partial charge >= 0.3 is 0 Å². The van der Waals surface area contributed by atoms with E-state index in [2.05, 4.69) is 75.9 Å². The maximum absolute atomic E-state index is 5.57. The van der Waals surface area contributed by atoms with Crippen molar-refractivity contribution < 1.29 is 4.74 Å². The lowest BCUT2D eigenvalue weighted by atomic mass is 10.2. The molecule has 17 heavy (non-hydrogen) atoms. The lowest BCUT2D eigenvalue weighted by Crippen LogP contribution is -2.24. The number of hydrogen-bond donors (Lipinski definition) is 0. The average molecular weight is 365 g/mol. The molecule has 0 saturated carbocycles. The number of hydrogen-bond acceptors (Lipinski definition) is 2. The summed E-state index contributed by atoms with van der Waals surface area (Å²) in [5.74, 6) is 0. The molecule has 1 rings (SSSR count). The molecule has 0 radical (unpaired) electrons. The summed E-state index contributed by atoms with van der Waals surface area (Å²) in [5.41, 5.74) is 2.53. The first kappa shape index (κ1) is 15.0. The molecule has 1 aromatic carbocycles. The molecule has 2 nitrogen and oxygen atoms in total. The van der Waals surface area contributed by atoms with Crippen LogP contribution in [0.15, 0.2) is 22.7 Å². The molecule has 0 atom stereocenters. The highest BCUT2D eigenvalue weighted by Crippen LogP contribution is 2.25. The third-order valence-electron chi connectivity index (χ3n) is 2.47. The van der Waals surface area contributed by atoms with E-state index in [1.807, 2.05) is 0 Å². The zero-order valence-corrected chi connectivity index (χ0v) is 13.7. The minimum atomic E-state index is 0.295. The van der Waals surface area contributed by atoms with Crippen molar-refractivity contribution in [3.8, 4) is 0 Å². The predicted octanol–water partition coefficient (Wildman–Crippen LogP) is 4.21. The zero-order chi connectivity index (χ0) is 12.8. The van der Waals surface area contributed by atoms with Crippen LogP contribution >= 0.6 is 31.9 Å². The van der Waals surface area contributed by atoms with E-state index in [4.69, 9.17) is 4.74 Å². The molecule has 1 aromatic rings. The zero-order valence-electron chi connectivity index (χ0n) is 10.5.